The highest BCUT2D eigenvalue weighted by atomic mass is 16.5. The van der Waals surface area contributed by atoms with E-state index < -0.39 is 0 Å². The second-order valence-corrected chi connectivity index (χ2v) is 8.30. The molecule has 0 radical (unpaired) electrons. The van der Waals surface area contributed by atoms with E-state index in [2.05, 4.69) is 15.2 Å². The Balaban J connectivity index is 1.35. The van der Waals surface area contributed by atoms with E-state index in [4.69, 9.17) is 4.52 Å². The topological polar surface area (TPSA) is 77.1 Å². The minimum absolute atomic E-state index is 0.115. The maximum absolute atomic E-state index is 13.0. The Labute approximate surface area is 186 Å². The van der Waals surface area contributed by atoms with Gasteiger partial charge in [0.05, 0.1) is 6.42 Å². The predicted octanol–water partition coefficient (Wildman–Crippen LogP) is 3.50. The third kappa shape index (κ3) is 4.06. The molecular weight excluding hydrogens is 402 g/mol. The van der Waals surface area contributed by atoms with Crippen molar-refractivity contribution in [2.45, 2.75) is 32.7 Å². The number of aryl methyl sites for hydroxylation is 2. The normalized spacial score (nSPS) is 13.2. The summed E-state index contributed by atoms with van der Waals surface area (Å²) in [6, 6.07) is 18.2. The van der Waals surface area contributed by atoms with Gasteiger partial charge < -0.3 is 9.42 Å². The molecule has 0 unspecified atom stereocenters. The van der Waals surface area contributed by atoms with Crippen LogP contribution in [-0.4, -0.2) is 37.3 Å². The van der Waals surface area contributed by atoms with Crippen LogP contribution in [-0.2, 0) is 37.6 Å². The minimum atomic E-state index is 0.115. The Hall–Kier alpha value is -3.74. The number of rotatable bonds is 5. The molecule has 0 saturated heterocycles. The maximum Gasteiger partial charge on any atom is 0.278 e. The van der Waals surface area contributed by atoms with Crippen LogP contribution in [0.15, 0.2) is 59.1 Å². The zero-order valence-electron chi connectivity index (χ0n) is 18.3. The average molecular weight is 428 g/mol. The van der Waals surface area contributed by atoms with Gasteiger partial charge >= 0.3 is 0 Å². The van der Waals surface area contributed by atoms with Crippen LogP contribution in [0.2, 0.25) is 0 Å². The SMILES string of the molecule is Cc1ccc(CC(=O)N2CCc3c(c(-c4nc(Cc5ccccc5)no4)nn3C)C2)cc1. The third-order valence-electron chi connectivity index (χ3n) is 5.95. The van der Waals surface area contributed by atoms with Crippen molar-refractivity contribution in [2.24, 2.45) is 7.05 Å². The van der Waals surface area contributed by atoms with Gasteiger partial charge in [0.1, 0.15) is 0 Å². The number of hydrogen-bond acceptors (Lipinski definition) is 5. The summed E-state index contributed by atoms with van der Waals surface area (Å²) in [5.41, 5.74) is 6.11. The van der Waals surface area contributed by atoms with Gasteiger partial charge in [-0.1, -0.05) is 65.3 Å². The van der Waals surface area contributed by atoms with Crippen LogP contribution in [0.25, 0.3) is 11.6 Å². The van der Waals surface area contributed by atoms with Crippen molar-refractivity contribution in [2.75, 3.05) is 6.54 Å². The van der Waals surface area contributed by atoms with Gasteiger partial charge in [0, 0.05) is 44.2 Å². The summed E-state index contributed by atoms with van der Waals surface area (Å²) in [6.45, 7) is 3.23. The summed E-state index contributed by atoms with van der Waals surface area (Å²) in [7, 11) is 1.92. The molecule has 0 spiro atoms. The molecule has 1 aliphatic rings. The van der Waals surface area contributed by atoms with Crippen LogP contribution >= 0.6 is 0 Å². The molecule has 4 aromatic rings. The summed E-state index contributed by atoms with van der Waals surface area (Å²) < 4.78 is 7.43. The van der Waals surface area contributed by atoms with Gasteiger partial charge in [-0.25, -0.2) is 0 Å². The van der Waals surface area contributed by atoms with Crippen molar-refractivity contribution in [1.29, 1.82) is 0 Å². The van der Waals surface area contributed by atoms with Gasteiger partial charge in [-0.05, 0) is 18.1 Å². The molecule has 1 amide bonds. The van der Waals surface area contributed by atoms with Crippen molar-refractivity contribution < 1.29 is 9.32 Å². The number of nitrogens with zero attached hydrogens (tertiary/aromatic N) is 5. The quantitative estimate of drug-likeness (QED) is 0.487. The first-order valence-corrected chi connectivity index (χ1v) is 10.8. The van der Waals surface area contributed by atoms with Crippen LogP contribution < -0.4 is 0 Å². The van der Waals surface area contributed by atoms with Crippen LogP contribution in [0.5, 0.6) is 0 Å². The lowest BCUT2D eigenvalue weighted by atomic mass is 10.0. The molecule has 7 nitrogen and oxygen atoms in total. The van der Waals surface area contributed by atoms with E-state index in [0.29, 0.717) is 43.3 Å². The Morgan fingerprint density at radius 2 is 1.84 bits per heavy atom. The Morgan fingerprint density at radius 1 is 1.06 bits per heavy atom. The summed E-state index contributed by atoms with van der Waals surface area (Å²) in [5.74, 6) is 1.14. The molecule has 7 heteroatoms. The van der Waals surface area contributed by atoms with Crippen molar-refractivity contribution in [1.82, 2.24) is 24.8 Å². The first-order valence-electron chi connectivity index (χ1n) is 10.8. The highest BCUT2D eigenvalue weighted by Gasteiger charge is 2.29. The lowest BCUT2D eigenvalue weighted by Gasteiger charge is -2.27. The Kier molecular flexibility index (Phi) is 5.31. The van der Waals surface area contributed by atoms with Gasteiger partial charge in [0.2, 0.25) is 5.91 Å². The van der Waals surface area contributed by atoms with Crippen molar-refractivity contribution in [3.05, 3.63) is 88.4 Å². The molecule has 162 valence electrons. The smallest absolute Gasteiger partial charge is 0.278 e. The Morgan fingerprint density at radius 3 is 2.62 bits per heavy atom. The van der Waals surface area contributed by atoms with Gasteiger partial charge in [-0.15, -0.1) is 0 Å². The van der Waals surface area contributed by atoms with E-state index in [1.807, 2.05) is 78.2 Å². The van der Waals surface area contributed by atoms with Crippen LogP contribution in [0.3, 0.4) is 0 Å². The minimum Gasteiger partial charge on any atom is -0.338 e. The van der Waals surface area contributed by atoms with Crippen LogP contribution in [0, 0.1) is 6.92 Å². The number of benzene rings is 2. The maximum atomic E-state index is 13.0. The number of hydrogen-bond donors (Lipinski definition) is 0. The summed E-state index contributed by atoms with van der Waals surface area (Å²) >= 11 is 0. The predicted molar refractivity (Wildman–Crippen MR) is 120 cm³/mol. The molecule has 2 aromatic heterocycles. The molecule has 32 heavy (non-hydrogen) atoms. The van der Waals surface area contributed by atoms with E-state index >= 15 is 0 Å². The van der Waals surface area contributed by atoms with Crippen molar-refractivity contribution in [3.63, 3.8) is 0 Å². The molecular formula is C25H25N5O2. The molecule has 0 bridgehead atoms. The third-order valence-corrected chi connectivity index (χ3v) is 5.95. The fraction of sp³-hybridized carbons (Fsp3) is 0.280. The highest BCUT2D eigenvalue weighted by molar-refractivity contribution is 5.79. The number of aromatic nitrogens is 4. The first kappa shape index (κ1) is 20.2. The van der Waals surface area contributed by atoms with Gasteiger partial charge in [-0.2, -0.15) is 10.1 Å². The monoisotopic (exact) mass is 427 g/mol. The van der Waals surface area contributed by atoms with Crippen LogP contribution in [0.1, 0.15) is 33.8 Å². The van der Waals surface area contributed by atoms with Gasteiger partial charge in [-0.3, -0.25) is 9.48 Å². The zero-order chi connectivity index (χ0) is 22.1. The van der Waals surface area contributed by atoms with E-state index in [-0.39, 0.29) is 5.91 Å². The molecule has 1 aliphatic heterocycles. The van der Waals surface area contributed by atoms with E-state index in [1.54, 1.807) is 0 Å². The number of carbonyl (C=O) groups is 1. The largest absolute Gasteiger partial charge is 0.338 e. The molecule has 0 aliphatic carbocycles. The number of carbonyl (C=O) groups excluding carboxylic acids is 1. The molecule has 0 atom stereocenters. The van der Waals surface area contributed by atoms with Crippen LogP contribution in [0.4, 0.5) is 0 Å². The summed E-state index contributed by atoms with van der Waals surface area (Å²) in [5, 5.41) is 8.80. The van der Waals surface area contributed by atoms with Crippen molar-refractivity contribution in [3.8, 4) is 11.6 Å². The zero-order valence-corrected chi connectivity index (χ0v) is 18.3. The fourth-order valence-corrected chi connectivity index (χ4v) is 4.17. The molecule has 0 fully saturated rings. The second kappa shape index (κ2) is 8.42. The molecule has 5 rings (SSSR count). The van der Waals surface area contributed by atoms with E-state index in [9.17, 15) is 4.79 Å². The first-order chi connectivity index (χ1) is 15.6. The fourth-order valence-electron chi connectivity index (χ4n) is 4.17. The summed E-state index contributed by atoms with van der Waals surface area (Å²) in [4.78, 5) is 19.5. The second-order valence-electron chi connectivity index (χ2n) is 8.30. The molecule has 3 heterocycles. The lowest BCUT2D eigenvalue weighted by molar-refractivity contribution is -0.131. The molecule has 0 saturated carbocycles. The Bertz CT molecular complexity index is 1240. The summed E-state index contributed by atoms with van der Waals surface area (Å²) in [6.07, 6.45) is 1.75. The highest BCUT2D eigenvalue weighted by Crippen LogP contribution is 2.29. The standard InChI is InChI=1S/C25H25N5O2/c1-17-8-10-19(11-9-17)15-23(31)30-13-12-21-20(16-30)24(27-29(21)2)25-26-22(28-32-25)14-18-6-4-3-5-7-18/h3-11H,12-16H2,1-2H3. The van der Waals surface area contributed by atoms with E-state index in [0.717, 1.165) is 28.8 Å². The average Bonchev–Trinajstić information content (AvgIpc) is 3.40. The van der Waals surface area contributed by atoms with Gasteiger partial charge in [0.25, 0.3) is 5.89 Å². The number of amides is 1. The molecule has 0 N–H and O–H groups in total. The van der Waals surface area contributed by atoms with E-state index in [1.165, 1.54) is 5.56 Å². The van der Waals surface area contributed by atoms with Crippen molar-refractivity contribution >= 4 is 5.91 Å². The number of fused-ring (bicyclic) bond motifs is 1. The lowest BCUT2D eigenvalue weighted by Crippen LogP contribution is -2.37. The molecule has 2 aromatic carbocycles. The van der Waals surface area contributed by atoms with Gasteiger partial charge in [0.15, 0.2) is 11.5 Å².